The van der Waals surface area contributed by atoms with Gasteiger partial charge in [-0.3, -0.25) is 9.78 Å². The van der Waals surface area contributed by atoms with Crippen molar-refractivity contribution in [1.82, 2.24) is 19.6 Å². The molecule has 7 nitrogen and oxygen atoms in total. The van der Waals surface area contributed by atoms with Crippen LogP contribution in [0.4, 0.5) is 17.3 Å². The van der Waals surface area contributed by atoms with Gasteiger partial charge in [-0.2, -0.15) is 9.61 Å². The van der Waals surface area contributed by atoms with E-state index in [0.717, 1.165) is 30.6 Å². The van der Waals surface area contributed by atoms with Gasteiger partial charge in [0.1, 0.15) is 11.6 Å². The van der Waals surface area contributed by atoms with E-state index in [1.54, 1.807) is 16.9 Å². The zero-order chi connectivity index (χ0) is 14.9. The van der Waals surface area contributed by atoms with Crippen LogP contribution in [0.25, 0.3) is 5.65 Å². The van der Waals surface area contributed by atoms with Crippen LogP contribution in [0.2, 0.25) is 0 Å². The molecule has 7 heteroatoms. The number of aldehydes is 1. The van der Waals surface area contributed by atoms with Gasteiger partial charge >= 0.3 is 0 Å². The van der Waals surface area contributed by atoms with Crippen LogP contribution in [-0.4, -0.2) is 31.9 Å². The number of hydrogen-bond acceptors (Lipinski definition) is 6. The molecule has 22 heavy (non-hydrogen) atoms. The normalized spacial score (nSPS) is 14.0. The van der Waals surface area contributed by atoms with Crippen LogP contribution in [0.15, 0.2) is 36.8 Å². The summed E-state index contributed by atoms with van der Waals surface area (Å²) >= 11 is 0. The highest BCUT2D eigenvalue weighted by molar-refractivity contribution is 5.85. The standard InChI is InChI=1S/C15H14N6O/c22-9-10-7-17-21-14(19-11-3-4-11)6-13(20-15(10)21)18-12-2-1-5-16-8-12/h1-2,5-9,11,19H,3-4H2,(H,18,20). The fraction of sp³-hybridized carbons (Fsp3) is 0.200. The highest BCUT2D eigenvalue weighted by Gasteiger charge is 2.23. The Morgan fingerprint density at radius 1 is 1.32 bits per heavy atom. The molecule has 0 unspecified atom stereocenters. The van der Waals surface area contributed by atoms with Crippen molar-refractivity contribution in [3.05, 3.63) is 42.4 Å². The van der Waals surface area contributed by atoms with Gasteiger partial charge in [0, 0.05) is 18.3 Å². The first-order valence-corrected chi connectivity index (χ1v) is 7.11. The van der Waals surface area contributed by atoms with Crippen molar-refractivity contribution < 1.29 is 4.79 Å². The monoisotopic (exact) mass is 294 g/mol. The molecule has 0 amide bonds. The van der Waals surface area contributed by atoms with E-state index in [1.165, 1.54) is 6.20 Å². The topological polar surface area (TPSA) is 84.2 Å². The van der Waals surface area contributed by atoms with E-state index in [9.17, 15) is 4.79 Å². The summed E-state index contributed by atoms with van der Waals surface area (Å²) in [6.07, 6.45) is 8.03. The zero-order valence-electron chi connectivity index (χ0n) is 11.7. The van der Waals surface area contributed by atoms with E-state index in [0.29, 0.717) is 23.1 Å². The second-order valence-corrected chi connectivity index (χ2v) is 5.27. The predicted molar refractivity (Wildman–Crippen MR) is 82.5 cm³/mol. The van der Waals surface area contributed by atoms with Crippen LogP contribution in [0.1, 0.15) is 23.2 Å². The number of pyridine rings is 1. The van der Waals surface area contributed by atoms with Gasteiger partial charge < -0.3 is 10.6 Å². The predicted octanol–water partition coefficient (Wildman–Crippen LogP) is 2.25. The first-order valence-electron chi connectivity index (χ1n) is 7.11. The maximum atomic E-state index is 11.2. The number of rotatable bonds is 5. The molecule has 4 rings (SSSR count). The lowest BCUT2D eigenvalue weighted by Gasteiger charge is -2.11. The maximum Gasteiger partial charge on any atom is 0.170 e. The van der Waals surface area contributed by atoms with E-state index in [2.05, 4.69) is 25.7 Å². The van der Waals surface area contributed by atoms with Gasteiger partial charge in [0.2, 0.25) is 0 Å². The number of nitrogens with zero attached hydrogens (tertiary/aromatic N) is 4. The Balaban J connectivity index is 1.78. The van der Waals surface area contributed by atoms with Gasteiger partial charge in [-0.25, -0.2) is 4.98 Å². The number of nitrogens with one attached hydrogen (secondary N) is 2. The van der Waals surface area contributed by atoms with Crippen LogP contribution in [0, 0.1) is 0 Å². The fourth-order valence-electron chi connectivity index (χ4n) is 2.25. The molecule has 110 valence electrons. The van der Waals surface area contributed by atoms with Crippen molar-refractivity contribution in [3.63, 3.8) is 0 Å². The van der Waals surface area contributed by atoms with Gasteiger partial charge in [0.25, 0.3) is 0 Å². The van der Waals surface area contributed by atoms with Crippen LogP contribution in [0.5, 0.6) is 0 Å². The Morgan fingerprint density at radius 2 is 2.23 bits per heavy atom. The molecule has 0 atom stereocenters. The highest BCUT2D eigenvalue weighted by atomic mass is 16.1. The summed E-state index contributed by atoms with van der Waals surface area (Å²) in [7, 11) is 0. The second kappa shape index (κ2) is 5.10. The molecule has 1 aliphatic carbocycles. The summed E-state index contributed by atoms with van der Waals surface area (Å²) < 4.78 is 1.66. The quantitative estimate of drug-likeness (QED) is 0.702. The Bertz CT molecular complexity index is 825. The van der Waals surface area contributed by atoms with Crippen LogP contribution in [0.3, 0.4) is 0 Å². The molecule has 0 aromatic carbocycles. The first-order chi connectivity index (χ1) is 10.8. The molecule has 0 radical (unpaired) electrons. The number of carbonyl (C=O) groups excluding carboxylic acids is 1. The molecular formula is C15H14N6O. The lowest BCUT2D eigenvalue weighted by atomic mass is 10.3. The number of fused-ring (bicyclic) bond motifs is 1. The van der Waals surface area contributed by atoms with E-state index in [4.69, 9.17) is 0 Å². The minimum absolute atomic E-state index is 0.466. The number of aromatic nitrogens is 4. The summed E-state index contributed by atoms with van der Waals surface area (Å²) in [5.74, 6) is 1.47. The van der Waals surface area contributed by atoms with Crippen molar-refractivity contribution in [2.24, 2.45) is 0 Å². The van der Waals surface area contributed by atoms with Crippen LogP contribution < -0.4 is 10.6 Å². The smallest absolute Gasteiger partial charge is 0.170 e. The molecule has 1 saturated carbocycles. The third-order valence-electron chi connectivity index (χ3n) is 3.49. The van der Waals surface area contributed by atoms with Crippen molar-refractivity contribution in [2.75, 3.05) is 10.6 Å². The summed E-state index contributed by atoms with van der Waals surface area (Å²) in [5, 5.41) is 10.9. The third kappa shape index (κ3) is 2.37. The molecule has 1 aliphatic rings. The minimum Gasteiger partial charge on any atom is -0.367 e. The third-order valence-corrected chi connectivity index (χ3v) is 3.49. The lowest BCUT2D eigenvalue weighted by Crippen LogP contribution is -2.09. The lowest BCUT2D eigenvalue weighted by molar-refractivity contribution is 0.112. The van der Waals surface area contributed by atoms with Crippen LogP contribution in [-0.2, 0) is 0 Å². The SMILES string of the molecule is O=Cc1cnn2c(NC3CC3)cc(Nc3cccnc3)nc12. The van der Waals surface area contributed by atoms with E-state index in [-0.39, 0.29) is 0 Å². The molecule has 1 fully saturated rings. The van der Waals surface area contributed by atoms with Gasteiger partial charge in [-0.1, -0.05) is 0 Å². The molecule has 3 heterocycles. The largest absolute Gasteiger partial charge is 0.367 e. The van der Waals surface area contributed by atoms with Gasteiger partial charge in [0.15, 0.2) is 11.9 Å². The van der Waals surface area contributed by atoms with Gasteiger partial charge in [-0.15, -0.1) is 0 Å². The molecule has 0 spiro atoms. The molecular weight excluding hydrogens is 280 g/mol. The average Bonchev–Trinajstić information content (AvgIpc) is 3.25. The maximum absolute atomic E-state index is 11.2. The number of carbonyl (C=O) groups is 1. The van der Waals surface area contributed by atoms with E-state index >= 15 is 0 Å². The fourth-order valence-corrected chi connectivity index (χ4v) is 2.25. The molecule has 0 saturated heterocycles. The van der Waals surface area contributed by atoms with Gasteiger partial charge in [-0.05, 0) is 25.0 Å². The summed E-state index contributed by atoms with van der Waals surface area (Å²) in [6, 6.07) is 6.12. The van der Waals surface area contributed by atoms with E-state index < -0.39 is 0 Å². The average molecular weight is 294 g/mol. The molecule has 3 aromatic rings. The van der Waals surface area contributed by atoms with Crippen LogP contribution >= 0.6 is 0 Å². The second-order valence-electron chi connectivity index (χ2n) is 5.27. The molecule has 2 N–H and O–H groups in total. The summed E-state index contributed by atoms with van der Waals surface area (Å²) in [4.78, 5) is 19.7. The van der Waals surface area contributed by atoms with Gasteiger partial charge in [0.05, 0.1) is 23.6 Å². The van der Waals surface area contributed by atoms with Crippen molar-refractivity contribution >= 4 is 29.3 Å². The Morgan fingerprint density at radius 3 is 2.95 bits per heavy atom. The van der Waals surface area contributed by atoms with Crippen molar-refractivity contribution in [1.29, 1.82) is 0 Å². The highest BCUT2D eigenvalue weighted by Crippen LogP contribution is 2.27. The molecule has 0 aliphatic heterocycles. The summed E-state index contributed by atoms with van der Waals surface area (Å²) in [6.45, 7) is 0. The number of hydrogen-bond donors (Lipinski definition) is 2. The Hall–Kier alpha value is -2.96. The first kappa shape index (κ1) is 12.8. The zero-order valence-corrected chi connectivity index (χ0v) is 11.7. The van der Waals surface area contributed by atoms with Crippen molar-refractivity contribution in [2.45, 2.75) is 18.9 Å². The summed E-state index contributed by atoms with van der Waals surface area (Å²) in [5.41, 5.74) is 1.84. The molecule has 3 aromatic heterocycles. The number of anilines is 3. The van der Waals surface area contributed by atoms with Crippen molar-refractivity contribution in [3.8, 4) is 0 Å². The molecule has 0 bridgehead atoms. The van der Waals surface area contributed by atoms with E-state index in [1.807, 2.05) is 18.2 Å². The minimum atomic E-state index is 0.466. The Labute approximate surface area is 126 Å². The Kier molecular flexibility index (Phi) is 2.96.